The van der Waals surface area contributed by atoms with Gasteiger partial charge in [0.2, 0.25) is 0 Å². The van der Waals surface area contributed by atoms with Gasteiger partial charge in [-0.15, -0.1) is 0 Å². The van der Waals surface area contributed by atoms with Crippen LogP contribution >= 0.6 is 15.9 Å². The lowest BCUT2D eigenvalue weighted by atomic mass is 10.2. The molecule has 0 radical (unpaired) electrons. The molecule has 0 spiro atoms. The monoisotopic (exact) mass is 479 g/mol. The number of carbonyl (C=O) groups excluding carboxylic acids is 1. The Labute approximate surface area is 187 Å². The van der Waals surface area contributed by atoms with Crippen molar-refractivity contribution in [2.75, 3.05) is 7.11 Å². The fourth-order valence-electron chi connectivity index (χ4n) is 2.57. The van der Waals surface area contributed by atoms with Crippen molar-refractivity contribution in [3.63, 3.8) is 0 Å². The highest BCUT2D eigenvalue weighted by atomic mass is 79.9. The highest BCUT2D eigenvalue weighted by molar-refractivity contribution is 9.10. The third kappa shape index (κ3) is 6.38. The molecule has 6 nitrogen and oxygen atoms in total. The van der Waals surface area contributed by atoms with E-state index in [1.54, 1.807) is 42.6 Å². The minimum absolute atomic E-state index is 0.195. The van der Waals surface area contributed by atoms with Gasteiger partial charge >= 0.3 is 11.9 Å². The van der Waals surface area contributed by atoms with E-state index in [2.05, 4.69) is 20.9 Å². The van der Waals surface area contributed by atoms with Crippen LogP contribution in [0, 0.1) is 0 Å². The summed E-state index contributed by atoms with van der Waals surface area (Å²) in [6, 6.07) is 18.8. The minimum Gasteiger partial charge on any atom is -0.493 e. The average molecular weight is 480 g/mol. The van der Waals surface area contributed by atoms with Crippen molar-refractivity contribution in [3.8, 4) is 11.5 Å². The van der Waals surface area contributed by atoms with Crippen LogP contribution in [0.2, 0.25) is 0 Å². The molecule has 7 heteroatoms. The van der Waals surface area contributed by atoms with E-state index in [0.717, 1.165) is 15.6 Å². The number of carboxylic acids is 1. The molecule has 3 aromatic carbocycles. The first-order valence-electron chi connectivity index (χ1n) is 9.15. The number of aromatic carboxylic acids is 1. The first-order valence-corrected chi connectivity index (χ1v) is 9.95. The van der Waals surface area contributed by atoms with Crippen molar-refractivity contribution in [2.24, 2.45) is 4.99 Å². The summed E-state index contributed by atoms with van der Waals surface area (Å²) in [7, 11) is 1.48. The van der Waals surface area contributed by atoms with Crippen LogP contribution < -0.4 is 9.47 Å². The molecule has 0 heterocycles. The Bertz CT molecular complexity index is 1140. The Balaban J connectivity index is 1.68. The van der Waals surface area contributed by atoms with Crippen LogP contribution in [-0.4, -0.2) is 30.4 Å². The van der Waals surface area contributed by atoms with Gasteiger partial charge in [0.15, 0.2) is 11.5 Å². The number of methoxy groups -OCH3 is 1. The van der Waals surface area contributed by atoms with Crippen LogP contribution in [0.3, 0.4) is 0 Å². The number of nitrogens with zero attached hydrogens (tertiary/aromatic N) is 1. The van der Waals surface area contributed by atoms with Crippen LogP contribution in [0.4, 0.5) is 5.69 Å². The van der Waals surface area contributed by atoms with Crippen LogP contribution in [0.15, 0.2) is 82.3 Å². The zero-order valence-electron chi connectivity index (χ0n) is 16.5. The largest absolute Gasteiger partial charge is 0.493 e. The number of carbonyl (C=O) groups is 2. The van der Waals surface area contributed by atoms with E-state index in [9.17, 15) is 9.59 Å². The van der Waals surface area contributed by atoms with E-state index < -0.39 is 11.9 Å². The third-order valence-corrected chi connectivity index (χ3v) is 4.69. The molecule has 0 aliphatic carbocycles. The predicted octanol–water partition coefficient (Wildman–Crippen LogP) is 5.53. The summed E-state index contributed by atoms with van der Waals surface area (Å²) in [4.78, 5) is 27.4. The van der Waals surface area contributed by atoms with Gasteiger partial charge in [-0.2, -0.15) is 0 Å². The van der Waals surface area contributed by atoms with Gasteiger partial charge in [0.25, 0.3) is 0 Å². The standard InChI is InChI=1S/C24H18BrNO5/c1-30-22-14-17(15-26-20-10-6-18(7-11-20)24(28)29)4-12-21(22)31-23(27)13-5-16-2-8-19(25)9-3-16/h2-15H,1H3,(H,28,29)/b13-5+,26-15+. The Kier molecular flexibility index (Phi) is 7.35. The van der Waals surface area contributed by atoms with Crippen LogP contribution in [0.5, 0.6) is 11.5 Å². The lowest BCUT2D eigenvalue weighted by Gasteiger charge is -2.08. The maximum atomic E-state index is 12.1. The second-order valence-corrected chi connectivity index (χ2v) is 7.24. The number of hydrogen-bond donors (Lipinski definition) is 1. The van der Waals surface area contributed by atoms with Crippen LogP contribution in [0.25, 0.3) is 6.08 Å². The third-order valence-electron chi connectivity index (χ3n) is 4.16. The first kappa shape index (κ1) is 22.0. The normalized spacial score (nSPS) is 11.0. The molecule has 0 unspecified atom stereocenters. The fraction of sp³-hybridized carbons (Fsp3) is 0.0417. The SMILES string of the molecule is COc1cc(/C=N/c2ccc(C(=O)O)cc2)ccc1OC(=O)/C=C/c1ccc(Br)cc1. The van der Waals surface area contributed by atoms with E-state index in [4.69, 9.17) is 14.6 Å². The maximum Gasteiger partial charge on any atom is 0.336 e. The summed E-state index contributed by atoms with van der Waals surface area (Å²) in [6.45, 7) is 0. The second-order valence-electron chi connectivity index (χ2n) is 6.33. The van der Waals surface area contributed by atoms with Crippen molar-refractivity contribution in [1.29, 1.82) is 0 Å². The molecule has 31 heavy (non-hydrogen) atoms. The smallest absolute Gasteiger partial charge is 0.336 e. The summed E-state index contributed by atoms with van der Waals surface area (Å²) in [5.41, 5.74) is 2.40. The molecule has 0 atom stereocenters. The van der Waals surface area contributed by atoms with E-state index in [1.165, 1.54) is 25.3 Å². The fourth-order valence-corrected chi connectivity index (χ4v) is 2.83. The molecule has 0 bridgehead atoms. The highest BCUT2D eigenvalue weighted by Crippen LogP contribution is 2.28. The predicted molar refractivity (Wildman–Crippen MR) is 122 cm³/mol. The van der Waals surface area contributed by atoms with Gasteiger partial charge in [-0.1, -0.05) is 28.1 Å². The Hall–Kier alpha value is -3.71. The number of hydrogen-bond acceptors (Lipinski definition) is 5. The summed E-state index contributed by atoms with van der Waals surface area (Å²) in [6.07, 6.45) is 4.62. The van der Waals surface area contributed by atoms with Crippen LogP contribution in [0.1, 0.15) is 21.5 Å². The Morgan fingerprint density at radius 2 is 1.61 bits per heavy atom. The quantitative estimate of drug-likeness (QED) is 0.208. The lowest BCUT2D eigenvalue weighted by molar-refractivity contribution is -0.129. The second kappa shape index (κ2) is 10.4. The van der Waals surface area contributed by atoms with Crippen molar-refractivity contribution >= 4 is 45.8 Å². The van der Waals surface area contributed by atoms with Gasteiger partial charge in [0.1, 0.15) is 0 Å². The summed E-state index contributed by atoms with van der Waals surface area (Å²) in [5, 5.41) is 8.94. The zero-order valence-corrected chi connectivity index (χ0v) is 18.1. The molecule has 0 fully saturated rings. The molecule has 156 valence electrons. The minimum atomic E-state index is -0.989. The molecule has 3 rings (SSSR count). The van der Waals surface area contributed by atoms with E-state index in [1.807, 2.05) is 24.3 Å². The number of aliphatic imine (C=N–C) groups is 1. The van der Waals surface area contributed by atoms with Crippen molar-refractivity contribution in [3.05, 3.63) is 94.0 Å². The summed E-state index contributed by atoms with van der Waals surface area (Å²) in [5.74, 6) is -0.843. The van der Waals surface area contributed by atoms with E-state index in [-0.39, 0.29) is 11.3 Å². The van der Waals surface area contributed by atoms with Gasteiger partial charge in [-0.25, -0.2) is 9.59 Å². The Morgan fingerprint density at radius 1 is 0.935 bits per heavy atom. The number of esters is 1. The number of carboxylic acid groups (broad SMARTS) is 1. The van der Waals surface area contributed by atoms with Crippen molar-refractivity contribution < 1.29 is 24.2 Å². The number of benzene rings is 3. The molecule has 1 N–H and O–H groups in total. The summed E-state index contributed by atoms with van der Waals surface area (Å²) < 4.78 is 11.7. The van der Waals surface area contributed by atoms with E-state index >= 15 is 0 Å². The van der Waals surface area contributed by atoms with Crippen molar-refractivity contribution in [2.45, 2.75) is 0 Å². The lowest BCUT2D eigenvalue weighted by Crippen LogP contribution is -2.05. The first-order chi connectivity index (χ1) is 14.9. The number of halogens is 1. The summed E-state index contributed by atoms with van der Waals surface area (Å²) >= 11 is 3.36. The topological polar surface area (TPSA) is 85.2 Å². The van der Waals surface area contributed by atoms with Gasteiger partial charge in [0, 0.05) is 16.8 Å². The zero-order chi connectivity index (χ0) is 22.2. The molecular weight excluding hydrogens is 462 g/mol. The van der Waals surface area contributed by atoms with E-state index in [0.29, 0.717) is 11.4 Å². The molecule has 3 aromatic rings. The Morgan fingerprint density at radius 3 is 2.26 bits per heavy atom. The molecule has 0 aliphatic heterocycles. The number of rotatable bonds is 7. The molecule has 0 saturated carbocycles. The molecule has 0 aliphatic rings. The highest BCUT2D eigenvalue weighted by Gasteiger charge is 2.09. The molecule has 0 aromatic heterocycles. The van der Waals surface area contributed by atoms with Gasteiger partial charge < -0.3 is 14.6 Å². The van der Waals surface area contributed by atoms with Crippen molar-refractivity contribution in [1.82, 2.24) is 0 Å². The molecule has 0 amide bonds. The van der Waals surface area contributed by atoms with Gasteiger partial charge in [-0.3, -0.25) is 4.99 Å². The number of ether oxygens (including phenoxy) is 2. The molecule has 0 saturated heterocycles. The van der Waals surface area contributed by atoms with Gasteiger partial charge in [-0.05, 0) is 71.8 Å². The maximum absolute atomic E-state index is 12.1. The molecular formula is C24H18BrNO5. The van der Waals surface area contributed by atoms with Crippen LogP contribution in [-0.2, 0) is 4.79 Å². The van der Waals surface area contributed by atoms with Gasteiger partial charge in [0.05, 0.1) is 18.4 Å². The average Bonchev–Trinajstić information content (AvgIpc) is 2.78.